The zero-order valence-corrected chi connectivity index (χ0v) is 11.6. The summed E-state index contributed by atoms with van der Waals surface area (Å²) in [7, 11) is 0. The molecular weight excluding hydrogens is 294 g/mol. The summed E-state index contributed by atoms with van der Waals surface area (Å²) < 4.78 is 0. The number of hydrogen-bond donors (Lipinski definition) is 2. The minimum atomic E-state index is -0.511. The highest BCUT2D eigenvalue weighted by molar-refractivity contribution is 6.31. The molecule has 6 nitrogen and oxygen atoms in total. The van der Waals surface area contributed by atoms with Crippen molar-refractivity contribution in [3.8, 4) is 0 Å². The average molecular weight is 306 g/mol. The molecule has 2 aromatic carbocycles. The van der Waals surface area contributed by atoms with Gasteiger partial charge in [0.1, 0.15) is 0 Å². The van der Waals surface area contributed by atoms with E-state index in [4.69, 9.17) is 17.3 Å². The lowest BCUT2D eigenvalue weighted by Gasteiger charge is -2.09. The summed E-state index contributed by atoms with van der Waals surface area (Å²) in [6.45, 7) is 0.200. The zero-order valence-electron chi connectivity index (χ0n) is 10.9. The van der Waals surface area contributed by atoms with Gasteiger partial charge in [0.05, 0.1) is 15.5 Å². The number of carbonyl (C=O) groups is 1. The number of nitrogens with one attached hydrogen (secondary N) is 1. The van der Waals surface area contributed by atoms with Crippen LogP contribution in [0.15, 0.2) is 42.5 Å². The lowest BCUT2D eigenvalue weighted by molar-refractivity contribution is -0.385. The second-order valence-corrected chi connectivity index (χ2v) is 4.70. The van der Waals surface area contributed by atoms with E-state index in [0.717, 1.165) is 0 Å². The quantitative estimate of drug-likeness (QED) is 0.655. The van der Waals surface area contributed by atoms with Gasteiger partial charge in [-0.25, -0.2) is 0 Å². The van der Waals surface area contributed by atoms with E-state index >= 15 is 0 Å². The van der Waals surface area contributed by atoms with Crippen molar-refractivity contribution in [1.82, 2.24) is 0 Å². The molecular formula is C14H12ClN3O3. The fourth-order valence-corrected chi connectivity index (χ4v) is 2.07. The van der Waals surface area contributed by atoms with E-state index in [-0.39, 0.29) is 12.2 Å². The predicted octanol–water partition coefficient (Wildman–Crippen LogP) is 2.96. The van der Waals surface area contributed by atoms with Crippen LogP contribution in [0.1, 0.15) is 15.9 Å². The summed E-state index contributed by atoms with van der Waals surface area (Å²) in [4.78, 5) is 21.5. The van der Waals surface area contributed by atoms with Gasteiger partial charge in [0.15, 0.2) is 0 Å². The Labute approximate surface area is 125 Å². The number of primary amides is 1. The van der Waals surface area contributed by atoms with E-state index < -0.39 is 10.8 Å². The van der Waals surface area contributed by atoms with Crippen LogP contribution in [0.5, 0.6) is 0 Å². The topological polar surface area (TPSA) is 98.3 Å². The van der Waals surface area contributed by atoms with Crippen LogP contribution >= 0.6 is 11.6 Å². The van der Waals surface area contributed by atoms with Gasteiger partial charge in [-0.05, 0) is 30.3 Å². The van der Waals surface area contributed by atoms with Gasteiger partial charge in [0.25, 0.3) is 5.69 Å². The number of benzene rings is 2. The summed E-state index contributed by atoms with van der Waals surface area (Å²) in [6.07, 6.45) is 0. The van der Waals surface area contributed by atoms with Crippen LogP contribution in [0.4, 0.5) is 11.4 Å². The first-order valence-corrected chi connectivity index (χ1v) is 6.42. The molecule has 0 radical (unpaired) electrons. The molecule has 3 N–H and O–H groups in total. The van der Waals surface area contributed by atoms with Crippen molar-refractivity contribution >= 4 is 28.9 Å². The van der Waals surface area contributed by atoms with Gasteiger partial charge < -0.3 is 11.1 Å². The highest BCUT2D eigenvalue weighted by atomic mass is 35.5. The number of nitro benzene ring substituents is 1. The van der Waals surface area contributed by atoms with Gasteiger partial charge in [-0.15, -0.1) is 0 Å². The fourth-order valence-electron chi connectivity index (χ4n) is 1.84. The molecule has 2 aromatic rings. The van der Waals surface area contributed by atoms with Crippen molar-refractivity contribution in [3.63, 3.8) is 0 Å². The van der Waals surface area contributed by atoms with Gasteiger partial charge in [-0.2, -0.15) is 0 Å². The number of halogens is 1. The van der Waals surface area contributed by atoms with Gasteiger partial charge in [-0.1, -0.05) is 17.7 Å². The molecule has 0 spiro atoms. The first kappa shape index (κ1) is 14.8. The average Bonchev–Trinajstić information content (AvgIpc) is 2.46. The smallest absolute Gasteiger partial charge is 0.275 e. The van der Waals surface area contributed by atoms with E-state index in [1.165, 1.54) is 12.1 Å². The molecule has 0 aliphatic heterocycles. The van der Waals surface area contributed by atoms with Crippen LogP contribution in [0, 0.1) is 10.1 Å². The maximum atomic E-state index is 11.0. The maximum absolute atomic E-state index is 11.0. The molecule has 0 saturated carbocycles. The molecule has 2 rings (SSSR count). The van der Waals surface area contributed by atoms with Gasteiger partial charge in [0.2, 0.25) is 5.91 Å². The van der Waals surface area contributed by atoms with Crippen LogP contribution in [0.2, 0.25) is 5.02 Å². The minimum Gasteiger partial charge on any atom is -0.381 e. The number of nitrogens with two attached hydrogens (primary N) is 1. The van der Waals surface area contributed by atoms with E-state index in [1.807, 2.05) is 0 Å². The Morgan fingerprint density at radius 1 is 1.24 bits per heavy atom. The van der Waals surface area contributed by atoms with E-state index in [0.29, 0.717) is 21.8 Å². The molecule has 0 unspecified atom stereocenters. The number of hydrogen-bond acceptors (Lipinski definition) is 4. The van der Waals surface area contributed by atoms with Crippen LogP contribution in [-0.2, 0) is 6.54 Å². The van der Waals surface area contributed by atoms with Gasteiger partial charge in [-0.3, -0.25) is 14.9 Å². The summed E-state index contributed by atoms with van der Waals surface area (Å²) in [5.41, 5.74) is 6.61. The minimum absolute atomic E-state index is 0.0382. The molecule has 0 aliphatic rings. The van der Waals surface area contributed by atoms with Crippen LogP contribution in [-0.4, -0.2) is 10.8 Å². The molecule has 108 valence electrons. The predicted molar refractivity (Wildman–Crippen MR) is 80.4 cm³/mol. The van der Waals surface area contributed by atoms with Crippen molar-refractivity contribution < 1.29 is 9.72 Å². The molecule has 0 aliphatic carbocycles. The second-order valence-electron chi connectivity index (χ2n) is 4.29. The molecule has 0 heterocycles. The third kappa shape index (κ3) is 3.49. The molecule has 7 heteroatoms. The van der Waals surface area contributed by atoms with E-state index in [9.17, 15) is 14.9 Å². The summed E-state index contributed by atoms with van der Waals surface area (Å²) in [5, 5.41) is 14.3. The number of carbonyl (C=O) groups excluding carboxylic acids is 1. The zero-order chi connectivity index (χ0) is 15.4. The molecule has 0 aromatic heterocycles. The monoisotopic (exact) mass is 305 g/mol. The highest BCUT2D eigenvalue weighted by Crippen LogP contribution is 2.27. The number of rotatable bonds is 5. The molecule has 21 heavy (non-hydrogen) atoms. The third-order valence-corrected chi connectivity index (χ3v) is 3.28. The largest absolute Gasteiger partial charge is 0.381 e. The van der Waals surface area contributed by atoms with Gasteiger partial charge in [0, 0.05) is 23.9 Å². The normalized spacial score (nSPS) is 10.1. The first-order valence-electron chi connectivity index (χ1n) is 6.04. The van der Waals surface area contributed by atoms with E-state index in [1.54, 1.807) is 30.3 Å². The van der Waals surface area contributed by atoms with Crippen LogP contribution < -0.4 is 11.1 Å². The third-order valence-electron chi connectivity index (χ3n) is 2.93. The Morgan fingerprint density at radius 2 is 1.90 bits per heavy atom. The molecule has 0 bridgehead atoms. The molecule has 1 amide bonds. The summed E-state index contributed by atoms with van der Waals surface area (Å²) in [6, 6.07) is 11.0. The first-order chi connectivity index (χ1) is 9.99. The maximum Gasteiger partial charge on any atom is 0.275 e. The summed E-state index contributed by atoms with van der Waals surface area (Å²) in [5.74, 6) is -0.511. The van der Waals surface area contributed by atoms with E-state index in [2.05, 4.69) is 5.32 Å². The van der Waals surface area contributed by atoms with Crippen molar-refractivity contribution in [1.29, 1.82) is 0 Å². The highest BCUT2D eigenvalue weighted by Gasteiger charge is 2.16. The fraction of sp³-hybridized carbons (Fsp3) is 0.0714. The van der Waals surface area contributed by atoms with Crippen molar-refractivity contribution in [2.75, 3.05) is 5.32 Å². The molecule has 0 atom stereocenters. The summed E-state index contributed by atoms with van der Waals surface area (Å²) >= 11 is 6.00. The van der Waals surface area contributed by atoms with Crippen LogP contribution in [0.25, 0.3) is 0 Å². The van der Waals surface area contributed by atoms with Gasteiger partial charge >= 0.3 is 0 Å². The van der Waals surface area contributed by atoms with Crippen LogP contribution in [0.3, 0.4) is 0 Å². The Kier molecular flexibility index (Phi) is 4.39. The Hall–Kier alpha value is -2.60. The SMILES string of the molecule is NC(=O)c1ccc(NCc2c(Cl)cccc2[N+](=O)[O-])cc1. The number of nitrogens with zero attached hydrogens (tertiary/aromatic N) is 1. The lowest BCUT2D eigenvalue weighted by atomic mass is 10.1. The Balaban J connectivity index is 2.16. The molecule has 0 saturated heterocycles. The Morgan fingerprint density at radius 3 is 2.48 bits per heavy atom. The Bertz CT molecular complexity index is 686. The second kappa shape index (κ2) is 6.23. The number of anilines is 1. The van der Waals surface area contributed by atoms with Crippen molar-refractivity contribution in [3.05, 3.63) is 68.7 Å². The van der Waals surface area contributed by atoms with Crippen molar-refractivity contribution in [2.45, 2.75) is 6.54 Å². The molecule has 0 fully saturated rings. The number of nitro groups is 1. The van der Waals surface area contributed by atoms with Crippen molar-refractivity contribution in [2.24, 2.45) is 5.73 Å². The standard InChI is InChI=1S/C14H12ClN3O3/c15-12-2-1-3-13(18(20)21)11(12)8-17-10-6-4-9(5-7-10)14(16)19/h1-7,17H,8H2,(H2,16,19). The number of amides is 1. The lowest BCUT2D eigenvalue weighted by Crippen LogP contribution is -2.10.